The lowest BCUT2D eigenvalue weighted by atomic mass is 9.98. The average Bonchev–Trinajstić information content (AvgIpc) is 2.54. The first-order valence-electron chi connectivity index (χ1n) is 7.61. The van der Waals surface area contributed by atoms with Gasteiger partial charge < -0.3 is 10.7 Å². The molecule has 0 unspecified atom stereocenters. The van der Waals surface area contributed by atoms with E-state index in [0.717, 1.165) is 22.4 Å². The first-order chi connectivity index (χ1) is 11.0. The van der Waals surface area contributed by atoms with Gasteiger partial charge in [-0.15, -0.1) is 0 Å². The van der Waals surface area contributed by atoms with Gasteiger partial charge in [0.1, 0.15) is 5.82 Å². The topological polar surface area (TPSA) is 71.8 Å². The Morgan fingerprint density at radius 3 is 2.39 bits per heavy atom. The normalized spacial score (nSPS) is 10.9. The Labute approximate surface area is 135 Å². The van der Waals surface area contributed by atoms with Gasteiger partial charge >= 0.3 is 0 Å². The van der Waals surface area contributed by atoms with Crippen molar-refractivity contribution in [1.82, 2.24) is 9.97 Å². The van der Waals surface area contributed by atoms with Crippen molar-refractivity contribution in [1.29, 1.82) is 0 Å². The van der Waals surface area contributed by atoms with Crippen LogP contribution in [-0.2, 0) is 0 Å². The zero-order valence-electron chi connectivity index (χ0n) is 13.2. The summed E-state index contributed by atoms with van der Waals surface area (Å²) in [5.41, 5.74) is 10.1. The van der Waals surface area contributed by atoms with Crippen molar-refractivity contribution in [2.24, 2.45) is 0 Å². The van der Waals surface area contributed by atoms with Crippen LogP contribution < -0.4 is 11.3 Å². The number of nitrogens with two attached hydrogens (primary N) is 1. The molecule has 3 N–H and O–H groups in total. The van der Waals surface area contributed by atoms with Crippen molar-refractivity contribution in [3.8, 4) is 22.6 Å². The largest absolute Gasteiger partial charge is 0.398 e. The smallest absolute Gasteiger partial charge is 0.251 e. The third-order valence-corrected chi connectivity index (χ3v) is 3.79. The minimum absolute atomic E-state index is 0.180. The Morgan fingerprint density at radius 2 is 1.74 bits per heavy atom. The number of aromatic amines is 1. The number of rotatable bonds is 3. The highest BCUT2D eigenvalue weighted by Crippen LogP contribution is 2.27. The Hall–Kier alpha value is -2.88. The third kappa shape index (κ3) is 3.16. The molecule has 116 valence electrons. The maximum Gasteiger partial charge on any atom is 0.251 e. The molecular weight excluding hydrogens is 286 g/mol. The van der Waals surface area contributed by atoms with Crippen LogP contribution in [0.15, 0.2) is 59.4 Å². The number of hydrogen-bond donors (Lipinski definition) is 2. The van der Waals surface area contributed by atoms with E-state index in [1.165, 1.54) is 6.07 Å². The molecule has 0 amide bonds. The van der Waals surface area contributed by atoms with Crippen LogP contribution in [0, 0.1) is 0 Å². The minimum atomic E-state index is -0.180. The van der Waals surface area contributed by atoms with Gasteiger partial charge in [0, 0.05) is 22.9 Å². The van der Waals surface area contributed by atoms with E-state index in [4.69, 9.17) is 5.73 Å². The standard InChI is InChI=1S/C19H19N3O/c1-12(2)15-9-8-14(10-16(15)20)17-11-18(23)22-19(21-17)13-6-4-3-5-7-13/h3-12H,20H2,1-2H3,(H,21,22,23). The highest BCUT2D eigenvalue weighted by Gasteiger charge is 2.09. The zero-order chi connectivity index (χ0) is 16.4. The fourth-order valence-corrected chi connectivity index (χ4v) is 2.60. The number of nitrogens with one attached hydrogen (secondary N) is 1. The molecule has 4 nitrogen and oxygen atoms in total. The highest BCUT2D eigenvalue weighted by molar-refractivity contribution is 5.68. The van der Waals surface area contributed by atoms with Crippen LogP contribution in [0.4, 0.5) is 5.69 Å². The first-order valence-corrected chi connectivity index (χ1v) is 7.61. The number of nitrogen functional groups attached to an aromatic ring is 1. The molecule has 0 atom stereocenters. The summed E-state index contributed by atoms with van der Waals surface area (Å²) in [7, 11) is 0. The van der Waals surface area contributed by atoms with Gasteiger partial charge in [0.15, 0.2) is 0 Å². The summed E-state index contributed by atoms with van der Waals surface area (Å²) < 4.78 is 0. The fraction of sp³-hybridized carbons (Fsp3) is 0.158. The van der Waals surface area contributed by atoms with E-state index in [1.807, 2.05) is 48.5 Å². The fourth-order valence-electron chi connectivity index (χ4n) is 2.60. The van der Waals surface area contributed by atoms with Crippen LogP contribution in [0.2, 0.25) is 0 Å². The molecule has 0 saturated carbocycles. The Balaban J connectivity index is 2.09. The summed E-state index contributed by atoms with van der Waals surface area (Å²) in [6, 6.07) is 16.9. The van der Waals surface area contributed by atoms with E-state index in [9.17, 15) is 4.79 Å². The second kappa shape index (κ2) is 6.08. The van der Waals surface area contributed by atoms with Crippen molar-refractivity contribution in [2.45, 2.75) is 19.8 Å². The molecule has 4 heteroatoms. The summed E-state index contributed by atoms with van der Waals surface area (Å²) in [5.74, 6) is 0.913. The molecule has 0 aliphatic carbocycles. The van der Waals surface area contributed by atoms with Crippen LogP contribution >= 0.6 is 0 Å². The lowest BCUT2D eigenvalue weighted by molar-refractivity contribution is 0.870. The van der Waals surface area contributed by atoms with E-state index in [2.05, 4.69) is 23.8 Å². The van der Waals surface area contributed by atoms with Crippen molar-refractivity contribution < 1.29 is 0 Å². The van der Waals surface area contributed by atoms with Crippen LogP contribution in [0.5, 0.6) is 0 Å². The summed E-state index contributed by atoms with van der Waals surface area (Å²) in [6.45, 7) is 4.20. The predicted molar refractivity (Wildman–Crippen MR) is 94.2 cm³/mol. The molecule has 0 spiro atoms. The molecular formula is C19H19N3O. The van der Waals surface area contributed by atoms with Gasteiger partial charge in [0.2, 0.25) is 0 Å². The third-order valence-electron chi connectivity index (χ3n) is 3.79. The molecule has 1 aromatic heterocycles. The van der Waals surface area contributed by atoms with Crippen LogP contribution in [0.3, 0.4) is 0 Å². The molecule has 0 fully saturated rings. The molecule has 0 aliphatic rings. The van der Waals surface area contributed by atoms with Gasteiger partial charge in [0.05, 0.1) is 5.69 Å². The number of anilines is 1. The van der Waals surface area contributed by atoms with Gasteiger partial charge in [0.25, 0.3) is 5.56 Å². The van der Waals surface area contributed by atoms with Crippen LogP contribution in [-0.4, -0.2) is 9.97 Å². The van der Waals surface area contributed by atoms with Gasteiger partial charge in [-0.2, -0.15) is 0 Å². The molecule has 0 saturated heterocycles. The van der Waals surface area contributed by atoms with Crippen LogP contribution in [0.1, 0.15) is 25.3 Å². The number of nitrogens with zero attached hydrogens (tertiary/aromatic N) is 1. The van der Waals surface area contributed by atoms with E-state index in [-0.39, 0.29) is 5.56 Å². The molecule has 23 heavy (non-hydrogen) atoms. The molecule has 0 aliphatic heterocycles. The van der Waals surface area contributed by atoms with Crippen molar-refractivity contribution in [3.63, 3.8) is 0 Å². The summed E-state index contributed by atoms with van der Waals surface area (Å²) >= 11 is 0. The predicted octanol–water partition coefficient (Wildman–Crippen LogP) is 3.81. The summed E-state index contributed by atoms with van der Waals surface area (Å²) in [4.78, 5) is 19.3. The number of hydrogen-bond acceptors (Lipinski definition) is 3. The van der Waals surface area contributed by atoms with E-state index >= 15 is 0 Å². The minimum Gasteiger partial charge on any atom is -0.398 e. The first kappa shape index (κ1) is 15.0. The second-order valence-corrected chi connectivity index (χ2v) is 5.84. The lowest BCUT2D eigenvalue weighted by Gasteiger charge is -2.11. The Morgan fingerprint density at radius 1 is 1.00 bits per heavy atom. The number of aromatic nitrogens is 2. The summed E-state index contributed by atoms with van der Waals surface area (Å²) in [6.07, 6.45) is 0. The van der Waals surface area contributed by atoms with Gasteiger partial charge in [-0.25, -0.2) is 4.98 Å². The molecule has 2 aromatic carbocycles. The maximum absolute atomic E-state index is 12.0. The van der Waals surface area contributed by atoms with E-state index in [0.29, 0.717) is 17.4 Å². The van der Waals surface area contributed by atoms with Gasteiger partial charge in [-0.1, -0.05) is 56.3 Å². The monoisotopic (exact) mass is 305 g/mol. The quantitative estimate of drug-likeness (QED) is 0.723. The Bertz CT molecular complexity index is 883. The molecule has 3 aromatic rings. The SMILES string of the molecule is CC(C)c1ccc(-c2cc(=O)[nH]c(-c3ccccc3)n2)cc1N. The van der Waals surface area contributed by atoms with Gasteiger partial charge in [-0.05, 0) is 17.5 Å². The van der Waals surface area contributed by atoms with E-state index in [1.54, 1.807) is 0 Å². The van der Waals surface area contributed by atoms with Gasteiger partial charge in [-0.3, -0.25) is 4.79 Å². The zero-order valence-corrected chi connectivity index (χ0v) is 13.2. The number of H-pyrrole nitrogens is 1. The van der Waals surface area contributed by atoms with Crippen molar-refractivity contribution in [3.05, 3.63) is 70.5 Å². The maximum atomic E-state index is 12.0. The molecule has 0 radical (unpaired) electrons. The number of benzene rings is 2. The molecule has 0 bridgehead atoms. The van der Waals surface area contributed by atoms with E-state index < -0.39 is 0 Å². The average molecular weight is 305 g/mol. The highest BCUT2D eigenvalue weighted by atomic mass is 16.1. The van der Waals surface area contributed by atoms with Crippen molar-refractivity contribution >= 4 is 5.69 Å². The Kier molecular flexibility index (Phi) is 3.98. The van der Waals surface area contributed by atoms with Crippen LogP contribution in [0.25, 0.3) is 22.6 Å². The second-order valence-electron chi connectivity index (χ2n) is 5.84. The van der Waals surface area contributed by atoms with Crippen molar-refractivity contribution in [2.75, 3.05) is 5.73 Å². The molecule has 1 heterocycles. The summed E-state index contributed by atoms with van der Waals surface area (Å²) in [5, 5.41) is 0. The molecule has 3 rings (SSSR count). The lowest BCUT2D eigenvalue weighted by Crippen LogP contribution is -2.08.